The SMILES string of the molecule is CN=C(NCCOCC1CCCO1)NCc1ccccc1-n1nc(C)cc1C.I. The molecule has 0 radical (unpaired) electrons. The van der Waals surface area contributed by atoms with Crippen LogP contribution in [0.15, 0.2) is 35.3 Å². The second-order valence-corrected chi connectivity index (χ2v) is 7.03. The molecule has 29 heavy (non-hydrogen) atoms. The van der Waals surface area contributed by atoms with E-state index in [2.05, 4.69) is 45.8 Å². The molecule has 1 unspecified atom stereocenters. The Balaban J connectivity index is 0.00000300. The molecule has 8 heteroatoms. The molecule has 1 aliphatic heterocycles. The van der Waals surface area contributed by atoms with Gasteiger partial charge in [0.2, 0.25) is 0 Å². The summed E-state index contributed by atoms with van der Waals surface area (Å²) in [5.74, 6) is 0.754. The van der Waals surface area contributed by atoms with Crippen LogP contribution in [0, 0.1) is 13.8 Å². The third kappa shape index (κ3) is 6.97. The molecule has 2 heterocycles. The van der Waals surface area contributed by atoms with Crippen LogP contribution in [0.2, 0.25) is 0 Å². The molecule has 2 aromatic rings. The number of guanidine groups is 1. The zero-order valence-corrected chi connectivity index (χ0v) is 19.8. The minimum atomic E-state index is 0. The molecular weight excluding hydrogens is 481 g/mol. The quantitative estimate of drug-likeness (QED) is 0.246. The van der Waals surface area contributed by atoms with E-state index in [-0.39, 0.29) is 30.1 Å². The van der Waals surface area contributed by atoms with E-state index in [0.717, 1.165) is 48.0 Å². The van der Waals surface area contributed by atoms with Crippen LogP contribution in [-0.4, -0.2) is 55.3 Å². The summed E-state index contributed by atoms with van der Waals surface area (Å²) in [5.41, 5.74) is 4.37. The fourth-order valence-electron chi connectivity index (χ4n) is 3.37. The van der Waals surface area contributed by atoms with Crippen molar-refractivity contribution in [1.29, 1.82) is 0 Å². The smallest absolute Gasteiger partial charge is 0.191 e. The Labute approximate surface area is 190 Å². The van der Waals surface area contributed by atoms with Crippen molar-refractivity contribution in [3.05, 3.63) is 47.3 Å². The highest BCUT2D eigenvalue weighted by Gasteiger charge is 2.15. The van der Waals surface area contributed by atoms with Gasteiger partial charge in [-0.15, -0.1) is 24.0 Å². The van der Waals surface area contributed by atoms with E-state index in [1.165, 1.54) is 0 Å². The van der Waals surface area contributed by atoms with Crippen molar-refractivity contribution in [1.82, 2.24) is 20.4 Å². The van der Waals surface area contributed by atoms with Gasteiger partial charge in [-0.2, -0.15) is 5.10 Å². The van der Waals surface area contributed by atoms with E-state index in [1.807, 2.05) is 23.7 Å². The minimum absolute atomic E-state index is 0. The molecular formula is C21H32IN5O2. The summed E-state index contributed by atoms with van der Waals surface area (Å²) in [7, 11) is 1.77. The molecule has 160 valence electrons. The predicted octanol–water partition coefficient (Wildman–Crippen LogP) is 2.97. The number of aromatic nitrogens is 2. The summed E-state index contributed by atoms with van der Waals surface area (Å²) in [6, 6.07) is 10.4. The lowest BCUT2D eigenvalue weighted by atomic mass is 10.1. The molecule has 2 N–H and O–H groups in total. The first-order chi connectivity index (χ1) is 13.7. The second kappa shape index (κ2) is 12.1. The van der Waals surface area contributed by atoms with E-state index in [1.54, 1.807) is 7.05 Å². The van der Waals surface area contributed by atoms with E-state index >= 15 is 0 Å². The Hall–Kier alpha value is -1.65. The zero-order valence-electron chi connectivity index (χ0n) is 17.5. The molecule has 1 aromatic heterocycles. The maximum atomic E-state index is 5.69. The Morgan fingerprint density at radius 1 is 1.31 bits per heavy atom. The normalized spacial score (nSPS) is 16.5. The highest BCUT2D eigenvalue weighted by molar-refractivity contribution is 14.0. The molecule has 3 rings (SSSR count). The van der Waals surface area contributed by atoms with Gasteiger partial charge in [-0.25, -0.2) is 4.68 Å². The maximum absolute atomic E-state index is 5.69. The topological polar surface area (TPSA) is 72.7 Å². The van der Waals surface area contributed by atoms with Crippen LogP contribution in [0.3, 0.4) is 0 Å². The van der Waals surface area contributed by atoms with E-state index in [4.69, 9.17) is 9.47 Å². The van der Waals surface area contributed by atoms with Gasteiger partial charge in [0.25, 0.3) is 0 Å². The lowest BCUT2D eigenvalue weighted by molar-refractivity contribution is 0.0191. The first-order valence-electron chi connectivity index (χ1n) is 9.93. The average Bonchev–Trinajstić information content (AvgIpc) is 3.33. The van der Waals surface area contributed by atoms with E-state index in [9.17, 15) is 0 Å². The van der Waals surface area contributed by atoms with Gasteiger partial charge in [0.05, 0.1) is 30.7 Å². The highest BCUT2D eigenvalue weighted by atomic mass is 127. The summed E-state index contributed by atoms with van der Waals surface area (Å²) in [6.45, 7) is 7.60. The Morgan fingerprint density at radius 3 is 2.83 bits per heavy atom. The predicted molar refractivity (Wildman–Crippen MR) is 126 cm³/mol. The summed E-state index contributed by atoms with van der Waals surface area (Å²) >= 11 is 0. The number of ether oxygens (including phenoxy) is 2. The monoisotopic (exact) mass is 513 g/mol. The first kappa shape index (κ1) is 23.6. The van der Waals surface area contributed by atoms with Crippen LogP contribution in [-0.2, 0) is 16.0 Å². The highest BCUT2D eigenvalue weighted by Crippen LogP contribution is 2.17. The Morgan fingerprint density at radius 2 is 2.14 bits per heavy atom. The van der Waals surface area contributed by atoms with E-state index < -0.39 is 0 Å². The summed E-state index contributed by atoms with van der Waals surface area (Å²) in [4.78, 5) is 4.29. The van der Waals surface area contributed by atoms with Crippen LogP contribution in [0.1, 0.15) is 29.8 Å². The molecule has 0 saturated carbocycles. The number of aliphatic imine (C=N–C) groups is 1. The standard InChI is InChI=1S/C21H31N5O2.HI/c1-16-13-17(2)26(25-16)20-9-5-4-7-18(20)14-24-21(22-3)23-10-12-27-15-19-8-6-11-28-19;/h4-5,7,9,13,19H,6,8,10-12,14-15H2,1-3H3,(H2,22,23,24);1H. The first-order valence-corrected chi connectivity index (χ1v) is 9.93. The third-order valence-electron chi connectivity index (χ3n) is 4.77. The van der Waals surface area contributed by atoms with Crippen molar-refractivity contribution < 1.29 is 9.47 Å². The van der Waals surface area contributed by atoms with Gasteiger partial charge < -0.3 is 20.1 Å². The number of hydrogen-bond donors (Lipinski definition) is 2. The van der Waals surface area contributed by atoms with Crippen LogP contribution in [0.25, 0.3) is 5.69 Å². The van der Waals surface area contributed by atoms with Crippen LogP contribution < -0.4 is 10.6 Å². The molecule has 1 aliphatic rings. The molecule has 0 bridgehead atoms. The molecule has 1 aromatic carbocycles. The van der Waals surface area contributed by atoms with Crippen LogP contribution in [0.5, 0.6) is 0 Å². The fourth-order valence-corrected chi connectivity index (χ4v) is 3.37. The average molecular weight is 513 g/mol. The van der Waals surface area contributed by atoms with Crippen LogP contribution in [0.4, 0.5) is 0 Å². The fraction of sp³-hybridized carbons (Fsp3) is 0.524. The minimum Gasteiger partial charge on any atom is -0.377 e. The number of nitrogens with zero attached hydrogens (tertiary/aromatic N) is 3. The number of benzene rings is 1. The lowest BCUT2D eigenvalue weighted by Gasteiger charge is -2.15. The number of rotatable bonds is 8. The van der Waals surface area contributed by atoms with Gasteiger partial charge in [-0.05, 0) is 44.4 Å². The van der Waals surface area contributed by atoms with Crippen molar-refractivity contribution >= 4 is 29.9 Å². The van der Waals surface area contributed by atoms with Crippen molar-refractivity contribution in [2.75, 3.05) is 33.4 Å². The number of aryl methyl sites for hydroxylation is 2. The van der Waals surface area contributed by atoms with Gasteiger partial charge in [0.1, 0.15) is 0 Å². The Kier molecular flexibility index (Phi) is 9.89. The largest absolute Gasteiger partial charge is 0.377 e. The van der Waals surface area contributed by atoms with Crippen LogP contribution >= 0.6 is 24.0 Å². The molecule has 1 saturated heterocycles. The summed E-state index contributed by atoms with van der Waals surface area (Å²) in [5, 5.41) is 11.3. The van der Waals surface area contributed by atoms with Crippen molar-refractivity contribution in [3.63, 3.8) is 0 Å². The van der Waals surface area contributed by atoms with Gasteiger partial charge >= 0.3 is 0 Å². The zero-order chi connectivity index (χ0) is 19.8. The van der Waals surface area contributed by atoms with Gasteiger partial charge in [0.15, 0.2) is 5.96 Å². The molecule has 1 fully saturated rings. The maximum Gasteiger partial charge on any atom is 0.191 e. The van der Waals surface area contributed by atoms with Crippen molar-refractivity contribution in [2.45, 2.75) is 39.3 Å². The van der Waals surface area contributed by atoms with Gasteiger partial charge in [-0.1, -0.05) is 18.2 Å². The molecule has 0 aliphatic carbocycles. The number of hydrogen-bond acceptors (Lipinski definition) is 4. The number of halogens is 1. The molecule has 0 amide bonds. The lowest BCUT2D eigenvalue weighted by Crippen LogP contribution is -2.39. The summed E-state index contributed by atoms with van der Waals surface area (Å²) in [6.07, 6.45) is 2.51. The van der Waals surface area contributed by atoms with Crippen molar-refractivity contribution in [3.8, 4) is 5.69 Å². The van der Waals surface area contributed by atoms with Crippen molar-refractivity contribution in [2.24, 2.45) is 4.99 Å². The second-order valence-electron chi connectivity index (χ2n) is 7.03. The van der Waals surface area contributed by atoms with Gasteiger partial charge in [-0.3, -0.25) is 4.99 Å². The number of para-hydroxylation sites is 1. The third-order valence-corrected chi connectivity index (χ3v) is 4.77. The van der Waals surface area contributed by atoms with E-state index in [0.29, 0.717) is 26.3 Å². The Bertz CT molecular complexity index is 787. The molecule has 1 atom stereocenters. The molecule has 7 nitrogen and oxygen atoms in total. The number of nitrogens with one attached hydrogen (secondary N) is 2. The molecule has 0 spiro atoms. The summed E-state index contributed by atoms with van der Waals surface area (Å²) < 4.78 is 13.2. The van der Waals surface area contributed by atoms with Gasteiger partial charge in [0, 0.05) is 32.4 Å².